The minimum Gasteiger partial charge on any atom is -0.396 e. The fourth-order valence-corrected chi connectivity index (χ4v) is 2.85. The minimum absolute atomic E-state index is 0.0612. The monoisotopic (exact) mass is 281 g/mol. The predicted molar refractivity (Wildman–Crippen MR) is 70.2 cm³/mol. The smallest absolute Gasteiger partial charge is 0.328 e. The van der Waals surface area contributed by atoms with Gasteiger partial charge >= 0.3 is 5.69 Å². The Labute approximate surface area is 112 Å². The average Bonchev–Trinajstić information content (AvgIpc) is 2.89. The first kappa shape index (κ1) is 12.9. The van der Waals surface area contributed by atoms with Crippen LogP contribution in [0.25, 0.3) is 11.2 Å². The number of aliphatic hydroxyl groups excluding tert-OH is 2. The van der Waals surface area contributed by atoms with Crippen molar-refractivity contribution in [2.45, 2.75) is 25.0 Å². The Morgan fingerprint density at radius 2 is 2.10 bits per heavy atom. The number of nitrogens with one attached hydrogen (secondary N) is 2. The number of hydrogen-bond donors (Lipinski definition) is 5. The van der Waals surface area contributed by atoms with Gasteiger partial charge in [-0.25, -0.2) is 4.79 Å². The van der Waals surface area contributed by atoms with Crippen molar-refractivity contribution < 1.29 is 10.2 Å². The van der Waals surface area contributed by atoms with Gasteiger partial charge in [0.15, 0.2) is 11.2 Å². The van der Waals surface area contributed by atoms with Crippen LogP contribution in [-0.2, 0) is 0 Å². The van der Waals surface area contributed by atoms with E-state index in [2.05, 4.69) is 15.0 Å². The lowest BCUT2D eigenvalue weighted by molar-refractivity contribution is 0.0906. The van der Waals surface area contributed by atoms with Gasteiger partial charge in [0.25, 0.3) is 5.56 Å². The van der Waals surface area contributed by atoms with Crippen LogP contribution in [0.4, 0.5) is 5.95 Å². The number of imidazole rings is 1. The Kier molecular flexibility index (Phi) is 2.87. The third kappa shape index (κ3) is 1.82. The Morgan fingerprint density at radius 3 is 2.75 bits per heavy atom. The summed E-state index contributed by atoms with van der Waals surface area (Å²) in [6.45, 7) is -0.148. The van der Waals surface area contributed by atoms with E-state index >= 15 is 0 Å². The first-order valence-corrected chi connectivity index (χ1v) is 6.30. The first-order valence-electron chi connectivity index (χ1n) is 6.30. The first-order chi connectivity index (χ1) is 9.51. The van der Waals surface area contributed by atoms with Gasteiger partial charge < -0.3 is 15.9 Å². The zero-order valence-electron chi connectivity index (χ0n) is 10.5. The van der Waals surface area contributed by atoms with Crippen LogP contribution in [-0.4, -0.2) is 42.4 Å². The highest BCUT2D eigenvalue weighted by Gasteiger charge is 2.35. The summed E-state index contributed by atoms with van der Waals surface area (Å²) < 4.78 is 1.33. The average molecular weight is 281 g/mol. The van der Waals surface area contributed by atoms with E-state index in [1.165, 1.54) is 4.57 Å². The van der Waals surface area contributed by atoms with Gasteiger partial charge in [0, 0.05) is 18.6 Å². The summed E-state index contributed by atoms with van der Waals surface area (Å²) in [5.74, 6) is -0.358. The lowest BCUT2D eigenvalue weighted by Crippen LogP contribution is -2.21. The highest BCUT2D eigenvalue weighted by atomic mass is 16.3. The van der Waals surface area contributed by atoms with E-state index in [-0.39, 0.29) is 35.7 Å². The number of hydrogen-bond acceptors (Lipinski definition) is 6. The lowest BCUT2D eigenvalue weighted by Gasteiger charge is -2.11. The third-order valence-corrected chi connectivity index (χ3v) is 3.83. The van der Waals surface area contributed by atoms with Crippen LogP contribution in [0.2, 0.25) is 0 Å². The normalized spacial score (nSPS) is 26.4. The second-order valence-electron chi connectivity index (χ2n) is 5.09. The van der Waals surface area contributed by atoms with E-state index in [4.69, 9.17) is 5.73 Å². The van der Waals surface area contributed by atoms with Crippen molar-refractivity contribution >= 4 is 17.1 Å². The fraction of sp³-hybridized carbons (Fsp3) is 0.545. The molecule has 1 aliphatic carbocycles. The molecule has 1 saturated carbocycles. The molecule has 0 saturated heterocycles. The molecule has 0 unspecified atom stereocenters. The van der Waals surface area contributed by atoms with E-state index in [1.54, 1.807) is 0 Å². The van der Waals surface area contributed by atoms with Gasteiger partial charge in [-0.2, -0.15) is 4.98 Å². The molecule has 3 rings (SSSR count). The maximum Gasteiger partial charge on any atom is 0.328 e. The quantitative estimate of drug-likeness (QED) is 0.442. The number of aromatic amines is 2. The number of nitrogens with two attached hydrogens (primary N) is 1. The number of aromatic nitrogens is 4. The molecule has 9 nitrogen and oxygen atoms in total. The highest BCUT2D eigenvalue weighted by Crippen LogP contribution is 2.34. The number of nitrogen functional groups attached to an aromatic ring is 1. The molecule has 2 aromatic rings. The van der Waals surface area contributed by atoms with Gasteiger partial charge in [-0.15, -0.1) is 0 Å². The van der Waals surface area contributed by atoms with E-state index in [9.17, 15) is 19.8 Å². The van der Waals surface area contributed by atoms with Gasteiger partial charge in [0.05, 0.1) is 6.10 Å². The van der Waals surface area contributed by atoms with Crippen LogP contribution in [0, 0.1) is 5.92 Å². The summed E-state index contributed by atoms with van der Waals surface area (Å²) in [7, 11) is 0. The Balaban J connectivity index is 2.15. The summed E-state index contributed by atoms with van der Waals surface area (Å²) in [5, 5.41) is 19.0. The molecule has 0 amide bonds. The van der Waals surface area contributed by atoms with Crippen molar-refractivity contribution in [3.05, 3.63) is 20.8 Å². The number of rotatable bonds is 2. The molecule has 2 aromatic heterocycles. The van der Waals surface area contributed by atoms with Gasteiger partial charge in [-0.1, -0.05) is 0 Å². The predicted octanol–water partition coefficient (Wildman–Crippen LogP) is -1.70. The second kappa shape index (κ2) is 4.46. The molecule has 2 heterocycles. The van der Waals surface area contributed by atoms with Crippen LogP contribution in [0.1, 0.15) is 18.9 Å². The van der Waals surface area contributed by atoms with Crippen LogP contribution in [0.3, 0.4) is 0 Å². The van der Waals surface area contributed by atoms with Gasteiger partial charge in [-0.05, 0) is 12.8 Å². The topological polar surface area (TPSA) is 150 Å². The molecule has 0 radical (unpaired) electrons. The molecular weight excluding hydrogens is 266 g/mol. The van der Waals surface area contributed by atoms with Crippen LogP contribution in [0.15, 0.2) is 9.59 Å². The number of H-pyrrole nitrogens is 2. The van der Waals surface area contributed by atoms with Crippen LogP contribution >= 0.6 is 0 Å². The van der Waals surface area contributed by atoms with Crippen molar-refractivity contribution in [2.75, 3.05) is 12.3 Å². The van der Waals surface area contributed by atoms with Crippen LogP contribution in [0.5, 0.6) is 0 Å². The largest absolute Gasteiger partial charge is 0.396 e. The maximum atomic E-state index is 12.0. The Morgan fingerprint density at radius 1 is 1.35 bits per heavy atom. The van der Waals surface area contributed by atoms with E-state index in [0.29, 0.717) is 12.8 Å². The summed E-state index contributed by atoms with van der Waals surface area (Å²) >= 11 is 0. The number of anilines is 1. The molecule has 20 heavy (non-hydrogen) atoms. The van der Waals surface area contributed by atoms with E-state index < -0.39 is 17.4 Å². The molecule has 1 fully saturated rings. The molecular formula is C11H15N5O4. The maximum absolute atomic E-state index is 12.0. The zero-order chi connectivity index (χ0) is 14.4. The van der Waals surface area contributed by atoms with Gasteiger partial charge in [0.1, 0.15) is 0 Å². The third-order valence-electron chi connectivity index (χ3n) is 3.83. The van der Waals surface area contributed by atoms with Crippen molar-refractivity contribution in [1.82, 2.24) is 19.5 Å². The Bertz CT molecular complexity index is 760. The van der Waals surface area contributed by atoms with Crippen molar-refractivity contribution in [2.24, 2.45) is 5.92 Å². The molecule has 108 valence electrons. The fourth-order valence-electron chi connectivity index (χ4n) is 2.85. The van der Waals surface area contributed by atoms with E-state index in [0.717, 1.165) is 0 Å². The van der Waals surface area contributed by atoms with E-state index in [1.807, 2.05) is 0 Å². The molecule has 0 spiro atoms. The van der Waals surface area contributed by atoms with Crippen molar-refractivity contribution in [3.8, 4) is 0 Å². The zero-order valence-corrected chi connectivity index (χ0v) is 10.5. The van der Waals surface area contributed by atoms with Crippen LogP contribution < -0.4 is 17.0 Å². The summed E-state index contributed by atoms with van der Waals surface area (Å²) in [6, 6.07) is -0.322. The highest BCUT2D eigenvalue weighted by molar-refractivity contribution is 5.70. The SMILES string of the molecule is Nc1nc2c([nH]c(=O)n2[C@@H]2C[C@H](CO)[C@@H](O)C2)c(=O)[nH]1. The molecule has 0 bridgehead atoms. The molecule has 9 heteroatoms. The molecule has 6 N–H and O–H groups in total. The number of aliphatic hydroxyl groups is 2. The number of fused-ring (bicyclic) bond motifs is 1. The van der Waals surface area contributed by atoms with Gasteiger partial charge in [0.2, 0.25) is 5.95 Å². The van der Waals surface area contributed by atoms with Crippen molar-refractivity contribution in [3.63, 3.8) is 0 Å². The standard InChI is InChI=1S/C11H15N5O4/c12-10-14-8-7(9(19)15-10)13-11(20)16(8)5-1-4(3-17)6(18)2-5/h4-6,17-18H,1-3H2,(H,13,20)(H3,12,14,15,19)/t4-,5-,6+/m1/s1. The summed E-state index contributed by atoms with van der Waals surface area (Å²) in [6.07, 6.45) is 0.0898. The molecule has 0 aromatic carbocycles. The second-order valence-corrected chi connectivity index (χ2v) is 5.09. The molecule has 1 aliphatic rings. The van der Waals surface area contributed by atoms with Crippen molar-refractivity contribution in [1.29, 1.82) is 0 Å². The summed E-state index contributed by atoms with van der Waals surface area (Å²) in [5.41, 5.74) is 4.75. The Hall–Kier alpha value is -2.13. The molecule has 3 atom stereocenters. The minimum atomic E-state index is -0.679. The molecule has 0 aliphatic heterocycles. The summed E-state index contributed by atoms with van der Waals surface area (Å²) in [4.78, 5) is 32.5. The van der Waals surface area contributed by atoms with Gasteiger partial charge in [-0.3, -0.25) is 19.3 Å². The lowest BCUT2D eigenvalue weighted by atomic mass is 10.1. The number of nitrogens with zero attached hydrogens (tertiary/aromatic N) is 2.